The van der Waals surface area contributed by atoms with Crippen molar-refractivity contribution in [2.24, 2.45) is 5.41 Å². The number of ether oxygens (including phenoxy) is 1. The van der Waals surface area contributed by atoms with Gasteiger partial charge in [0, 0.05) is 36.7 Å². The molecule has 2 heterocycles. The number of carbonyl (C=O) groups is 1. The Morgan fingerprint density at radius 3 is 2.26 bits per heavy atom. The van der Waals surface area contributed by atoms with Gasteiger partial charge in [-0.3, -0.25) is 0 Å². The van der Waals surface area contributed by atoms with E-state index in [0.717, 1.165) is 19.3 Å². The molecule has 1 unspecified atom stereocenters. The lowest BCUT2D eigenvalue weighted by Gasteiger charge is -2.59. The normalized spacial score (nSPS) is 42.7. The first-order chi connectivity index (χ1) is 10.8. The van der Waals surface area contributed by atoms with Crippen molar-refractivity contribution in [3.63, 3.8) is 0 Å². The van der Waals surface area contributed by atoms with Crippen molar-refractivity contribution in [2.75, 3.05) is 14.2 Å². The molecule has 2 aliphatic heterocycles. The zero-order valence-electron chi connectivity index (χ0n) is 15.3. The number of methoxy groups -OCH3 is 1. The fourth-order valence-corrected chi connectivity index (χ4v) is 4.84. The minimum absolute atomic E-state index is 0.00569. The Morgan fingerprint density at radius 2 is 1.74 bits per heavy atom. The summed E-state index contributed by atoms with van der Waals surface area (Å²) in [5.74, 6) is 0. The van der Waals surface area contributed by atoms with Crippen LogP contribution in [0.2, 0.25) is 0 Å². The highest BCUT2D eigenvalue weighted by atomic mass is 16.5. The lowest BCUT2D eigenvalue weighted by molar-refractivity contribution is -0.177. The summed E-state index contributed by atoms with van der Waals surface area (Å²) in [4.78, 5) is 15.0. The number of hydrogen-bond acceptors (Lipinski definition) is 3. The molecule has 23 heavy (non-hydrogen) atoms. The quantitative estimate of drug-likeness (QED) is 0.839. The second-order valence-corrected chi connectivity index (χ2v) is 8.60. The van der Waals surface area contributed by atoms with Crippen LogP contribution >= 0.6 is 0 Å². The van der Waals surface area contributed by atoms with Crippen LogP contribution in [0.5, 0.6) is 0 Å². The number of carbonyl (C=O) groups excluding carboxylic acids is 1. The van der Waals surface area contributed by atoms with Gasteiger partial charge >= 0.3 is 6.03 Å². The molecule has 2 N–H and O–H groups in total. The van der Waals surface area contributed by atoms with Crippen molar-refractivity contribution in [3.05, 3.63) is 0 Å². The van der Waals surface area contributed by atoms with Gasteiger partial charge in [-0.25, -0.2) is 4.79 Å². The maximum atomic E-state index is 12.4. The second-order valence-electron chi connectivity index (χ2n) is 8.60. The second kappa shape index (κ2) is 5.92. The van der Waals surface area contributed by atoms with Crippen molar-refractivity contribution in [3.8, 4) is 0 Å². The SMILES string of the molecule is CO[C@@]1(C)C[C@@H](NC(=O)NC2C[C@H]3CCC[C@@H](C2)N3C)C1(C)C. The summed E-state index contributed by atoms with van der Waals surface area (Å²) >= 11 is 0. The van der Waals surface area contributed by atoms with Crippen LogP contribution in [0.25, 0.3) is 0 Å². The van der Waals surface area contributed by atoms with E-state index < -0.39 is 0 Å². The molecule has 2 amide bonds. The highest BCUT2D eigenvalue weighted by molar-refractivity contribution is 5.75. The zero-order chi connectivity index (χ0) is 16.8. The summed E-state index contributed by atoms with van der Waals surface area (Å²) in [6.45, 7) is 6.47. The highest BCUT2D eigenvalue weighted by Crippen LogP contribution is 2.51. The third-order valence-corrected chi connectivity index (χ3v) is 7.26. The molecule has 3 fully saturated rings. The van der Waals surface area contributed by atoms with E-state index in [4.69, 9.17) is 4.74 Å². The molecular weight excluding hydrogens is 290 g/mol. The van der Waals surface area contributed by atoms with E-state index >= 15 is 0 Å². The van der Waals surface area contributed by atoms with E-state index in [0.29, 0.717) is 18.1 Å². The van der Waals surface area contributed by atoms with Gasteiger partial charge in [0.05, 0.1) is 5.60 Å². The van der Waals surface area contributed by atoms with Gasteiger partial charge in [-0.15, -0.1) is 0 Å². The molecule has 2 bridgehead atoms. The molecular formula is C18H33N3O2. The number of nitrogens with one attached hydrogen (secondary N) is 2. The molecule has 2 saturated heterocycles. The molecule has 0 spiro atoms. The molecule has 5 nitrogen and oxygen atoms in total. The van der Waals surface area contributed by atoms with Crippen LogP contribution in [0, 0.1) is 5.41 Å². The van der Waals surface area contributed by atoms with E-state index in [-0.39, 0.29) is 23.1 Å². The number of piperidine rings is 2. The minimum Gasteiger partial charge on any atom is -0.378 e. The predicted octanol–water partition coefficient (Wildman–Crippen LogP) is 2.50. The fraction of sp³-hybridized carbons (Fsp3) is 0.944. The summed E-state index contributed by atoms with van der Waals surface area (Å²) in [7, 11) is 4.00. The summed E-state index contributed by atoms with van der Waals surface area (Å²) in [5.41, 5.74) is -0.183. The van der Waals surface area contributed by atoms with Gasteiger partial charge < -0.3 is 20.3 Å². The Balaban J connectivity index is 1.51. The van der Waals surface area contributed by atoms with Gasteiger partial charge in [0.15, 0.2) is 0 Å². The lowest BCUT2D eigenvalue weighted by atomic mass is 9.56. The van der Waals surface area contributed by atoms with Crippen molar-refractivity contribution in [1.82, 2.24) is 15.5 Å². The number of rotatable bonds is 3. The summed E-state index contributed by atoms with van der Waals surface area (Å²) < 4.78 is 5.64. The first-order valence-corrected chi connectivity index (χ1v) is 9.11. The number of urea groups is 1. The van der Waals surface area contributed by atoms with Gasteiger partial charge in [-0.05, 0) is 46.1 Å². The van der Waals surface area contributed by atoms with Gasteiger partial charge in [-0.1, -0.05) is 20.3 Å². The number of nitrogens with zero attached hydrogens (tertiary/aromatic N) is 1. The number of amides is 2. The van der Waals surface area contributed by atoms with Crippen molar-refractivity contribution in [2.45, 2.75) is 89.1 Å². The molecule has 1 aliphatic carbocycles. The summed E-state index contributed by atoms with van der Waals surface area (Å²) in [6.07, 6.45) is 6.94. The van der Waals surface area contributed by atoms with Crippen molar-refractivity contribution >= 4 is 6.03 Å². The van der Waals surface area contributed by atoms with Crippen LogP contribution in [-0.2, 0) is 4.74 Å². The van der Waals surface area contributed by atoms with Gasteiger partial charge in [0.25, 0.3) is 0 Å². The average molecular weight is 323 g/mol. The number of hydrogen-bond donors (Lipinski definition) is 2. The maximum absolute atomic E-state index is 12.4. The summed E-state index contributed by atoms with van der Waals surface area (Å²) in [5, 5.41) is 6.41. The van der Waals surface area contributed by atoms with E-state index in [9.17, 15) is 4.79 Å². The van der Waals surface area contributed by atoms with Crippen LogP contribution in [0.3, 0.4) is 0 Å². The van der Waals surface area contributed by atoms with Crippen LogP contribution in [0.4, 0.5) is 4.79 Å². The molecule has 5 atom stereocenters. The Bertz CT molecular complexity index is 453. The van der Waals surface area contributed by atoms with Crippen LogP contribution < -0.4 is 10.6 Å². The summed E-state index contributed by atoms with van der Waals surface area (Å²) in [6, 6.07) is 1.78. The minimum atomic E-state index is -0.143. The van der Waals surface area contributed by atoms with Crippen LogP contribution in [-0.4, -0.2) is 54.9 Å². The first-order valence-electron chi connectivity index (χ1n) is 9.11. The average Bonchev–Trinajstić information content (AvgIpc) is 2.47. The molecule has 1 saturated carbocycles. The predicted molar refractivity (Wildman–Crippen MR) is 91.5 cm³/mol. The van der Waals surface area contributed by atoms with Gasteiger partial charge in [-0.2, -0.15) is 0 Å². The van der Waals surface area contributed by atoms with Gasteiger partial charge in [0.1, 0.15) is 0 Å². The van der Waals surface area contributed by atoms with E-state index in [1.165, 1.54) is 19.3 Å². The monoisotopic (exact) mass is 323 g/mol. The first kappa shape index (κ1) is 17.0. The van der Waals surface area contributed by atoms with Crippen molar-refractivity contribution < 1.29 is 9.53 Å². The molecule has 5 heteroatoms. The topological polar surface area (TPSA) is 53.6 Å². The number of fused-ring (bicyclic) bond motifs is 2. The molecule has 3 rings (SSSR count). The Hall–Kier alpha value is -0.810. The third kappa shape index (κ3) is 2.86. The maximum Gasteiger partial charge on any atom is 0.315 e. The third-order valence-electron chi connectivity index (χ3n) is 7.26. The molecule has 0 aromatic heterocycles. The molecule has 0 aromatic carbocycles. The standard InChI is InChI=1S/C18H33N3O2/c1-17(2)15(11-18(17,3)23-5)20-16(22)19-12-9-13-7-6-8-14(10-12)21(13)4/h12-15H,6-11H2,1-5H3,(H2,19,20,22)/t12?,13-,14+,15-,18+/m1/s1. The lowest BCUT2D eigenvalue weighted by Crippen LogP contribution is -2.69. The van der Waals surface area contributed by atoms with Crippen LogP contribution in [0.15, 0.2) is 0 Å². The van der Waals surface area contributed by atoms with Crippen LogP contribution in [0.1, 0.15) is 59.3 Å². The van der Waals surface area contributed by atoms with Gasteiger partial charge in [0.2, 0.25) is 0 Å². The largest absolute Gasteiger partial charge is 0.378 e. The molecule has 0 aromatic rings. The smallest absolute Gasteiger partial charge is 0.315 e. The Morgan fingerprint density at radius 1 is 1.13 bits per heavy atom. The van der Waals surface area contributed by atoms with E-state index in [2.05, 4.69) is 43.4 Å². The van der Waals surface area contributed by atoms with Crippen molar-refractivity contribution in [1.29, 1.82) is 0 Å². The fourth-order valence-electron chi connectivity index (χ4n) is 4.84. The zero-order valence-corrected chi connectivity index (χ0v) is 15.3. The Labute approximate surface area is 140 Å². The van der Waals surface area contributed by atoms with E-state index in [1.54, 1.807) is 7.11 Å². The Kier molecular flexibility index (Phi) is 4.38. The van der Waals surface area contributed by atoms with E-state index in [1.807, 2.05) is 0 Å². The highest BCUT2D eigenvalue weighted by Gasteiger charge is 2.58. The molecule has 0 radical (unpaired) electrons. The molecule has 132 valence electrons. The molecule has 3 aliphatic rings.